The molecule has 0 aliphatic heterocycles. The second-order valence-electron chi connectivity index (χ2n) is 10.6. The lowest BCUT2D eigenvalue weighted by molar-refractivity contribution is 1.42. The van der Waals surface area contributed by atoms with Gasteiger partial charge in [-0.1, -0.05) is 103 Å². The summed E-state index contributed by atoms with van der Waals surface area (Å²) in [6.45, 7) is 0. The van der Waals surface area contributed by atoms with Gasteiger partial charge in [-0.25, -0.2) is 4.98 Å². The first-order valence-corrected chi connectivity index (χ1v) is 14.7. The molecule has 41 heavy (non-hydrogen) atoms. The summed E-state index contributed by atoms with van der Waals surface area (Å²) in [7, 11) is 0. The summed E-state index contributed by atoms with van der Waals surface area (Å²) in [6.07, 6.45) is 1.87. The molecule has 0 spiro atoms. The van der Waals surface area contributed by atoms with E-state index in [1.165, 1.54) is 58.2 Å². The molecule has 3 heteroatoms. The fourth-order valence-corrected chi connectivity index (χ4v) is 7.66. The number of para-hydroxylation sites is 1. The molecule has 9 aromatic rings. The average molecular weight is 539 g/mol. The number of fused-ring (bicyclic) bond motifs is 10. The van der Waals surface area contributed by atoms with E-state index >= 15 is 0 Å². The van der Waals surface area contributed by atoms with E-state index in [2.05, 4.69) is 126 Å². The van der Waals surface area contributed by atoms with Crippen LogP contribution in [0, 0.1) is 0 Å². The van der Waals surface area contributed by atoms with Gasteiger partial charge in [-0.05, 0) is 46.2 Å². The smallest absolute Gasteiger partial charge is 0.0788 e. The molecular weight excluding hydrogens is 516 g/mol. The third-order valence-corrected chi connectivity index (χ3v) is 9.52. The van der Waals surface area contributed by atoms with Crippen LogP contribution in [0.2, 0.25) is 0 Å². The number of hydrogen-bond donors (Lipinski definition) is 0. The molecule has 190 valence electrons. The lowest BCUT2D eigenvalue weighted by atomic mass is 9.92. The zero-order chi connectivity index (χ0) is 26.9. The highest BCUT2D eigenvalue weighted by Crippen LogP contribution is 2.42. The second-order valence-corrected chi connectivity index (χ2v) is 11.6. The van der Waals surface area contributed by atoms with Crippen LogP contribution >= 0.6 is 11.3 Å². The van der Waals surface area contributed by atoms with Crippen LogP contribution in [-0.2, 0) is 0 Å². The minimum Gasteiger partial charge on any atom is -0.256 e. The van der Waals surface area contributed by atoms with Gasteiger partial charge in [0, 0.05) is 53.5 Å². The number of benzene rings is 6. The Morgan fingerprint density at radius 1 is 0.463 bits per heavy atom. The predicted molar refractivity (Wildman–Crippen MR) is 176 cm³/mol. The molecule has 0 unspecified atom stereocenters. The lowest BCUT2D eigenvalue weighted by Gasteiger charge is -2.14. The summed E-state index contributed by atoms with van der Waals surface area (Å²) in [4.78, 5) is 9.89. The number of hydrogen-bond acceptors (Lipinski definition) is 3. The van der Waals surface area contributed by atoms with Gasteiger partial charge in [0.1, 0.15) is 0 Å². The van der Waals surface area contributed by atoms with Crippen LogP contribution < -0.4 is 0 Å². The van der Waals surface area contributed by atoms with Gasteiger partial charge < -0.3 is 0 Å². The molecule has 0 N–H and O–H groups in total. The molecule has 0 fully saturated rings. The Kier molecular flexibility index (Phi) is 4.80. The molecule has 0 saturated heterocycles. The highest BCUT2D eigenvalue weighted by atomic mass is 32.1. The van der Waals surface area contributed by atoms with Crippen molar-refractivity contribution in [2.24, 2.45) is 0 Å². The Balaban J connectivity index is 1.29. The van der Waals surface area contributed by atoms with Crippen LogP contribution in [0.3, 0.4) is 0 Å². The molecule has 0 aliphatic rings. The van der Waals surface area contributed by atoms with E-state index in [4.69, 9.17) is 4.98 Å². The molecule has 6 aromatic carbocycles. The van der Waals surface area contributed by atoms with Crippen molar-refractivity contribution >= 4 is 74.9 Å². The summed E-state index contributed by atoms with van der Waals surface area (Å²) >= 11 is 1.87. The van der Waals surface area contributed by atoms with Crippen molar-refractivity contribution in [3.05, 3.63) is 134 Å². The number of pyridine rings is 2. The van der Waals surface area contributed by atoms with E-state index in [1.807, 2.05) is 23.6 Å². The molecular formula is C38H22N2S. The lowest BCUT2D eigenvalue weighted by Crippen LogP contribution is -1.92. The van der Waals surface area contributed by atoms with E-state index in [1.54, 1.807) is 0 Å². The quantitative estimate of drug-likeness (QED) is 0.205. The number of thiophene rings is 1. The largest absolute Gasteiger partial charge is 0.256 e. The second kappa shape index (κ2) is 8.69. The Labute approximate surface area is 240 Å². The Morgan fingerprint density at radius 3 is 2.12 bits per heavy atom. The molecule has 0 amide bonds. The first kappa shape index (κ1) is 22.7. The summed E-state index contributed by atoms with van der Waals surface area (Å²) in [5, 5.41) is 9.84. The minimum atomic E-state index is 1.00. The number of aromatic nitrogens is 2. The summed E-state index contributed by atoms with van der Waals surface area (Å²) in [5.41, 5.74) is 6.63. The Bertz CT molecular complexity index is 2470. The third-order valence-electron chi connectivity index (χ3n) is 8.30. The fourth-order valence-electron chi connectivity index (χ4n) is 6.42. The van der Waals surface area contributed by atoms with Crippen molar-refractivity contribution in [3.8, 4) is 22.4 Å². The minimum absolute atomic E-state index is 1.00. The summed E-state index contributed by atoms with van der Waals surface area (Å²) in [6, 6.07) is 45.7. The van der Waals surface area contributed by atoms with E-state index in [0.29, 0.717) is 0 Å². The summed E-state index contributed by atoms with van der Waals surface area (Å²) < 4.78 is 2.66. The van der Waals surface area contributed by atoms with Gasteiger partial charge in [0.15, 0.2) is 0 Å². The van der Waals surface area contributed by atoms with Crippen LogP contribution in [0.5, 0.6) is 0 Å². The maximum Gasteiger partial charge on any atom is 0.0788 e. The number of rotatable bonds is 2. The van der Waals surface area contributed by atoms with Gasteiger partial charge >= 0.3 is 0 Å². The van der Waals surface area contributed by atoms with Crippen LogP contribution in [-0.4, -0.2) is 9.97 Å². The average Bonchev–Trinajstić information content (AvgIpc) is 3.43. The molecule has 9 rings (SSSR count). The van der Waals surface area contributed by atoms with Crippen LogP contribution in [0.15, 0.2) is 134 Å². The van der Waals surface area contributed by atoms with Crippen molar-refractivity contribution in [2.45, 2.75) is 0 Å². The molecule has 0 saturated carbocycles. The van der Waals surface area contributed by atoms with Gasteiger partial charge in [0.05, 0.1) is 16.7 Å². The summed E-state index contributed by atoms with van der Waals surface area (Å²) in [5.74, 6) is 0. The standard InChI is InChI=1S/C38H22N2S/c1-3-12-33-30(8-1)36-31(20-18-24-19-21-32-29(35(24)36)11-6-22-39-32)37(40-33)25-16-14-23(15-17-25)26-9-5-10-28-27-7-2-4-13-34(27)41-38(26)28/h1-22H. The highest BCUT2D eigenvalue weighted by molar-refractivity contribution is 7.26. The predicted octanol–water partition coefficient (Wildman–Crippen LogP) is 10.8. The Morgan fingerprint density at radius 2 is 1.20 bits per heavy atom. The maximum atomic E-state index is 5.23. The molecule has 0 aliphatic carbocycles. The van der Waals surface area contributed by atoms with E-state index < -0.39 is 0 Å². The van der Waals surface area contributed by atoms with Crippen LogP contribution in [0.1, 0.15) is 0 Å². The van der Waals surface area contributed by atoms with Gasteiger partial charge in [-0.15, -0.1) is 11.3 Å². The monoisotopic (exact) mass is 538 g/mol. The zero-order valence-corrected chi connectivity index (χ0v) is 22.8. The van der Waals surface area contributed by atoms with Crippen molar-refractivity contribution in [2.75, 3.05) is 0 Å². The van der Waals surface area contributed by atoms with Gasteiger partial charge in [-0.2, -0.15) is 0 Å². The van der Waals surface area contributed by atoms with Gasteiger partial charge in [0.25, 0.3) is 0 Å². The van der Waals surface area contributed by atoms with Crippen molar-refractivity contribution in [1.82, 2.24) is 9.97 Å². The SMILES string of the molecule is c1ccc2c(c1)nc(-c1ccc(-c3cccc4c3sc3ccccc34)cc1)c1ccc3ccc4ncccc4c3c12. The normalized spacial score (nSPS) is 11.9. The van der Waals surface area contributed by atoms with E-state index in [9.17, 15) is 0 Å². The molecule has 3 heterocycles. The van der Waals surface area contributed by atoms with Crippen LogP contribution in [0.4, 0.5) is 0 Å². The maximum absolute atomic E-state index is 5.23. The molecule has 3 aromatic heterocycles. The van der Waals surface area contributed by atoms with Crippen LogP contribution in [0.25, 0.3) is 85.9 Å². The molecule has 0 atom stereocenters. The van der Waals surface area contributed by atoms with Gasteiger partial charge in [-0.3, -0.25) is 4.98 Å². The number of nitrogens with zero attached hydrogens (tertiary/aromatic N) is 2. The van der Waals surface area contributed by atoms with E-state index in [-0.39, 0.29) is 0 Å². The van der Waals surface area contributed by atoms with Gasteiger partial charge in [0.2, 0.25) is 0 Å². The Hall–Kier alpha value is -5.12. The first-order valence-electron chi connectivity index (χ1n) is 13.8. The van der Waals surface area contributed by atoms with E-state index in [0.717, 1.165) is 27.7 Å². The zero-order valence-electron chi connectivity index (χ0n) is 22.0. The third kappa shape index (κ3) is 3.36. The fraction of sp³-hybridized carbons (Fsp3) is 0. The molecule has 0 radical (unpaired) electrons. The van der Waals surface area contributed by atoms with Crippen molar-refractivity contribution in [1.29, 1.82) is 0 Å². The topological polar surface area (TPSA) is 25.8 Å². The molecule has 2 nitrogen and oxygen atoms in total. The highest BCUT2D eigenvalue weighted by Gasteiger charge is 2.16. The van der Waals surface area contributed by atoms with Crippen molar-refractivity contribution < 1.29 is 0 Å². The van der Waals surface area contributed by atoms with Crippen molar-refractivity contribution in [3.63, 3.8) is 0 Å². The first-order chi connectivity index (χ1) is 20.3. The molecule has 0 bridgehead atoms.